The topological polar surface area (TPSA) is 95.9 Å². The Bertz CT molecular complexity index is 255. The molecule has 0 aliphatic rings. The van der Waals surface area contributed by atoms with Gasteiger partial charge in [0.05, 0.1) is 6.61 Å². The average Bonchev–Trinajstić information content (AvgIpc) is 2.00. The summed E-state index contributed by atoms with van der Waals surface area (Å²) in [5.41, 5.74) is 0. The Labute approximate surface area is 89.2 Å². The molecule has 0 saturated carbocycles. The third-order valence-electron chi connectivity index (χ3n) is 1.63. The van der Waals surface area contributed by atoms with Crippen LogP contribution in [0.5, 0.6) is 0 Å². The number of rotatable bonds is 7. The van der Waals surface area contributed by atoms with E-state index >= 15 is 0 Å². The van der Waals surface area contributed by atoms with Crippen LogP contribution < -0.4 is 5.09 Å². The van der Waals surface area contributed by atoms with Gasteiger partial charge < -0.3 is 10.00 Å². The van der Waals surface area contributed by atoms with Gasteiger partial charge in [0.25, 0.3) is 0 Å². The van der Waals surface area contributed by atoms with Gasteiger partial charge >= 0.3 is 13.7 Å². The smallest absolute Gasteiger partial charge is 0.403 e. The molecule has 0 radical (unpaired) electrons. The Morgan fingerprint density at radius 2 is 2.07 bits per heavy atom. The molecular weight excluding hydrogens is 221 g/mol. The lowest BCUT2D eigenvalue weighted by molar-refractivity contribution is -0.139. The van der Waals surface area contributed by atoms with Gasteiger partial charge in [0.1, 0.15) is 6.04 Å². The van der Waals surface area contributed by atoms with Crippen LogP contribution in [-0.2, 0) is 13.9 Å². The molecule has 15 heavy (non-hydrogen) atoms. The molecule has 0 bridgehead atoms. The first-order chi connectivity index (χ1) is 6.78. The molecule has 0 aromatic heterocycles. The van der Waals surface area contributed by atoms with Gasteiger partial charge in [-0.05, 0) is 19.3 Å². The van der Waals surface area contributed by atoms with E-state index in [9.17, 15) is 14.3 Å². The molecule has 0 fully saturated rings. The van der Waals surface area contributed by atoms with Crippen molar-refractivity contribution in [3.8, 4) is 0 Å². The van der Waals surface area contributed by atoms with Crippen LogP contribution in [0.3, 0.4) is 0 Å². The van der Waals surface area contributed by atoms with Crippen LogP contribution in [0.15, 0.2) is 0 Å². The first kappa shape index (κ1) is 14.6. The van der Waals surface area contributed by atoms with Crippen molar-refractivity contribution < 1.29 is 23.9 Å². The minimum atomic E-state index is -3.99. The lowest BCUT2D eigenvalue weighted by Crippen LogP contribution is -2.36. The lowest BCUT2D eigenvalue weighted by Gasteiger charge is -2.19. The van der Waals surface area contributed by atoms with E-state index in [1.165, 1.54) is 0 Å². The highest BCUT2D eigenvalue weighted by molar-refractivity contribution is 7.50. The van der Waals surface area contributed by atoms with Gasteiger partial charge in [0, 0.05) is 0 Å². The van der Waals surface area contributed by atoms with Crippen LogP contribution in [0.2, 0.25) is 0 Å². The largest absolute Gasteiger partial charge is 0.480 e. The van der Waals surface area contributed by atoms with Crippen molar-refractivity contribution in [2.45, 2.75) is 33.2 Å². The Morgan fingerprint density at radius 1 is 1.53 bits per heavy atom. The molecule has 6 nitrogen and oxygen atoms in total. The number of hydrogen-bond donors (Lipinski definition) is 3. The van der Waals surface area contributed by atoms with Crippen LogP contribution in [0.1, 0.15) is 27.2 Å². The Balaban J connectivity index is 4.40. The zero-order chi connectivity index (χ0) is 12.1. The molecule has 0 saturated heterocycles. The normalized spacial score (nSPS) is 17.4. The first-order valence-electron chi connectivity index (χ1n) is 4.76. The highest BCUT2D eigenvalue weighted by Crippen LogP contribution is 2.37. The Hall–Kier alpha value is -0.420. The van der Waals surface area contributed by atoms with E-state index in [-0.39, 0.29) is 18.9 Å². The number of nitrogens with one attached hydrogen (secondary N) is 1. The van der Waals surface area contributed by atoms with Gasteiger partial charge in [-0.1, -0.05) is 13.8 Å². The number of carbonyl (C=O) groups is 1. The molecule has 90 valence electrons. The van der Waals surface area contributed by atoms with E-state index in [1.807, 2.05) is 13.8 Å². The first-order valence-corrected chi connectivity index (χ1v) is 6.34. The third kappa shape index (κ3) is 6.62. The quantitative estimate of drug-likeness (QED) is 0.578. The predicted molar refractivity (Wildman–Crippen MR) is 55.5 cm³/mol. The van der Waals surface area contributed by atoms with Gasteiger partial charge in [-0.15, -0.1) is 0 Å². The molecule has 0 aliphatic carbocycles. The summed E-state index contributed by atoms with van der Waals surface area (Å²) in [5, 5.41) is 10.9. The summed E-state index contributed by atoms with van der Waals surface area (Å²) in [6, 6.07) is -1.06. The van der Waals surface area contributed by atoms with Crippen molar-refractivity contribution in [3.05, 3.63) is 0 Å². The number of carboxylic acid groups (broad SMARTS) is 1. The molecule has 0 aromatic carbocycles. The standard InChI is InChI=1S/C8H18NO5P/c1-4-14-15(12,13)9-7(8(10)11)5-6(2)3/h6-7H,4-5H2,1-3H3,(H,10,11)(H2,9,12,13)/t7-/m0/s1. The van der Waals surface area contributed by atoms with Crippen LogP contribution >= 0.6 is 7.75 Å². The second-order valence-corrected chi connectivity index (χ2v) is 5.14. The Kier molecular flexibility index (Phi) is 6.05. The SMILES string of the molecule is CCOP(=O)(O)N[C@@H](CC(C)C)C(=O)O. The zero-order valence-electron chi connectivity index (χ0n) is 9.14. The van der Waals surface area contributed by atoms with Crippen LogP contribution in [-0.4, -0.2) is 28.6 Å². The number of aliphatic carboxylic acids is 1. The van der Waals surface area contributed by atoms with Crippen molar-refractivity contribution in [3.63, 3.8) is 0 Å². The minimum absolute atomic E-state index is 0.0504. The van der Waals surface area contributed by atoms with Crippen molar-refractivity contribution in [2.75, 3.05) is 6.61 Å². The molecule has 0 heterocycles. The summed E-state index contributed by atoms with van der Waals surface area (Å²) in [4.78, 5) is 20.0. The Morgan fingerprint density at radius 3 is 2.40 bits per heavy atom. The van der Waals surface area contributed by atoms with Crippen LogP contribution in [0.25, 0.3) is 0 Å². The maximum absolute atomic E-state index is 11.3. The highest BCUT2D eigenvalue weighted by Gasteiger charge is 2.28. The number of carboxylic acids is 1. The van der Waals surface area contributed by atoms with Gasteiger partial charge in [-0.2, -0.15) is 0 Å². The zero-order valence-corrected chi connectivity index (χ0v) is 10.0. The fourth-order valence-corrected chi connectivity index (χ4v) is 2.12. The second kappa shape index (κ2) is 6.23. The molecule has 2 atom stereocenters. The summed E-state index contributed by atoms with van der Waals surface area (Å²) in [5.74, 6) is -1.04. The van der Waals surface area contributed by atoms with Gasteiger partial charge in [0.15, 0.2) is 0 Å². The lowest BCUT2D eigenvalue weighted by atomic mass is 10.1. The van der Waals surface area contributed by atoms with Crippen LogP contribution in [0.4, 0.5) is 0 Å². The van der Waals surface area contributed by atoms with E-state index in [4.69, 9.17) is 5.11 Å². The van der Waals surface area contributed by atoms with Gasteiger partial charge in [-0.25, -0.2) is 9.65 Å². The fourth-order valence-electron chi connectivity index (χ4n) is 1.09. The molecule has 0 spiro atoms. The summed E-state index contributed by atoms with van der Waals surface area (Å²) >= 11 is 0. The van der Waals surface area contributed by atoms with Crippen molar-refractivity contribution in [1.82, 2.24) is 5.09 Å². The van der Waals surface area contributed by atoms with Crippen molar-refractivity contribution in [2.24, 2.45) is 5.92 Å². The van der Waals surface area contributed by atoms with E-state index in [2.05, 4.69) is 9.61 Å². The summed E-state index contributed by atoms with van der Waals surface area (Å²) < 4.78 is 15.8. The summed E-state index contributed by atoms with van der Waals surface area (Å²) in [6.45, 7) is 5.28. The van der Waals surface area contributed by atoms with Gasteiger partial charge in [0.2, 0.25) is 0 Å². The molecule has 0 aliphatic heterocycles. The molecule has 0 aromatic rings. The maximum atomic E-state index is 11.3. The van der Waals surface area contributed by atoms with E-state index in [1.54, 1.807) is 6.92 Å². The van der Waals surface area contributed by atoms with E-state index in [0.29, 0.717) is 0 Å². The maximum Gasteiger partial charge on any atom is 0.403 e. The predicted octanol–water partition coefficient (Wildman–Crippen LogP) is 1.21. The van der Waals surface area contributed by atoms with Crippen LogP contribution in [0, 0.1) is 5.92 Å². The molecule has 7 heteroatoms. The molecule has 0 amide bonds. The minimum Gasteiger partial charge on any atom is -0.480 e. The fraction of sp³-hybridized carbons (Fsp3) is 0.875. The summed E-state index contributed by atoms with van der Waals surface area (Å²) in [6.07, 6.45) is 0.271. The van der Waals surface area contributed by atoms with E-state index in [0.717, 1.165) is 0 Å². The van der Waals surface area contributed by atoms with Gasteiger partial charge in [-0.3, -0.25) is 9.32 Å². The molecule has 0 rings (SSSR count). The molecular formula is C8H18NO5P. The molecule has 1 unspecified atom stereocenters. The van der Waals surface area contributed by atoms with Crippen molar-refractivity contribution in [1.29, 1.82) is 0 Å². The number of hydrogen-bond acceptors (Lipinski definition) is 3. The second-order valence-electron chi connectivity index (χ2n) is 3.59. The molecule has 3 N–H and O–H groups in total. The highest BCUT2D eigenvalue weighted by atomic mass is 31.2. The average molecular weight is 239 g/mol. The monoisotopic (exact) mass is 239 g/mol. The summed E-state index contributed by atoms with van der Waals surface area (Å²) in [7, 11) is -3.99. The van der Waals surface area contributed by atoms with E-state index < -0.39 is 19.8 Å². The van der Waals surface area contributed by atoms with Crippen molar-refractivity contribution >= 4 is 13.7 Å². The third-order valence-corrected chi connectivity index (χ3v) is 2.87.